The normalized spacial score (nSPS) is 14.8. The smallest absolute Gasteiger partial charge is 0.200 e. The lowest BCUT2D eigenvalue weighted by molar-refractivity contribution is 0.0145. The topological polar surface area (TPSA) is 60.7 Å². The van der Waals surface area contributed by atoms with E-state index in [4.69, 9.17) is 16.7 Å². The van der Waals surface area contributed by atoms with E-state index < -0.39 is 35.2 Å². The summed E-state index contributed by atoms with van der Waals surface area (Å²) in [6.45, 7) is 0. The van der Waals surface area contributed by atoms with Crippen LogP contribution >= 0.6 is 11.6 Å². The first-order valence-electron chi connectivity index (χ1n) is 4.58. The molecule has 16 heavy (non-hydrogen) atoms. The summed E-state index contributed by atoms with van der Waals surface area (Å²) in [6, 6.07) is 1.92. The maximum Gasteiger partial charge on any atom is 0.200 e. The molecule has 0 bridgehead atoms. The van der Waals surface area contributed by atoms with Gasteiger partial charge in [0.25, 0.3) is 0 Å². The highest BCUT2D eigenvalue weighted by atomic mass is 35.5. The number of rotatable bonds is 4. The largest absolute Gasteiger partial charge is 0.505 e. The molecule has 1 aromatic carbocycles. The fraction of sp³-hybridized carbons (Fsp3) is 0.400. The second kappa shape index (κ2) is 5.43. The monoisotopic (exact) mass is 252 g/mol. The summed E-state index contributed by atoms with van der Waals surface area (Å²) in [7, 11) is 0. The third-order valence-electron chi connectivity index (χ3n) is 2.18. The minimum Gasteiger partial charge on any atom is -0.505 e. The van der Waals surface area contributed by atoms with E-state index in [0.717, 1.165) is 12.1 Å². The van der Waals surface area contributed by atoms with Crippen molar-refractivity contribution < 1.29 is 24.1 Å². The van der Waals surface area contributed by atoms with Gasteiger partial charge in [0.15, 0.2) is 11.6 Å². The summed E-state index contributed by atoms with van der Waals surface area (Å²) in [5.74, 6) is -3.59. The van der Waals surface area contributed by atoms with Crippen LogP contribution in [-0.4, -0.2) is 27.3 Å². The zero-order valence-corrected chi connectivity index (χ0v) is 8.96. The van der Waals surface area contributed by atoms with Crippen LogP contribution in [0.1, 0.15) is 18.1 Å². The van der Waals surface area contributed by atoms with E-state index in [2.05, 4.69) is 0 Å². The number of hydrogen-bond donors (Lipinski definition) is 3. The summed E-state index contributed by atoms with van der Waals surface area (Å²) < 4.78 is 26.2. The summed E-state index contributed by atoms with van der Waals surface area (Å²) in [6.07, 6.45) is -2.81. The van der Waals surface area contributed by atoms with Crippen LogP contribution in [0.5, 0.6) is 5.75 Å². The molecule has 0 fully saturated rings. The van der Waals surface area contributed by atoms with E-state index in [1.54, 1.807) is 0 Å². The van der Waals surface area contributed by atoms with Crippen molar-refractivity contribution >= 4 is 11.6 Å². The molecule has 0 spiro atoms. The minimum atomic E-state index is -1.58. The average Bonchev–Trinajstić information content (AvgIpc) is 2.26. The molecule has 1 aromatic rings. The van der Waals surface area contributed by atoms with Crippen molar-refractivity contribution in [3.63, 3.8) is 0 Å². The lowest BCUT2D eigenvalue weighted by Gasteiger charge is -2.18. The Morgan fingerprint density at radius 1 is 1.19 bits per heavy atom. The number of benzene rings is 1. The molecule has 2 unspecified atom stereocenters. The van der Waals surface area contributed by atoms with Crippen LogP contribution in [0.4, 0.5) is 8.78 Å². The van der Waals surface area contributed by atoms with Crippen molar-refractivity contribution in [2.24, 2.45) is 0 Å². The van der Waals surface area contributed by atoms with Gasteiger partial charge in [0.05, 0.1) is 6.10 Å². The quantitative estimate of drug-likeness (QED) is 0.715. The van der Waals surface area contributed by atoms with Crippen LogP contribution in [0, 0.1) is 11.6 Å². The van der Waals surface area contributed by atoms with Crippen LogP contribution in [0.2, 0.25) is 0 Å². The Kier molecular flexibility index (Phi) is 4.46. The number of halogens is 3. The number of hydrogen-bond acceptors (Lipinski definition) is 3. The maximum atomic E-state index is 13.3. The lowest BCUT2D eigenvalue weighted by Crippen LogP contribution is -2.20. The number of alkyl halides is 1. The van der Waals surface area contributed by atoms with Crippen LogP contribution < -0.4 is 0 Å². The van der Waals surface area contributed by atoms with Crippen LogP contribution in [0.3, 0.4) is 0 Å². The molecule has 3 nitrogen and oxygen atoms in total. The van der Waals surface area contributed by atoms with Crippen LogP contribution in [0.15, 0.2) is 12.1 Å². The van der Waals surface area contributed by atoms with Crippen molar-refractivity contribution in [1.82, 2.24) is 0 Å². The summed E-state index contributed by atoms with van der Waals surface area (Å²) >= 11 is 5.35. The fourth-order valence-corrected chi connectivity index (χ4v) is 1.48. The molecule has 0 aliphatic heterocycles. The van der Waals surface area contributed by atoms with E-state index in [9.17, 15) is 19.0 Å². The number of aliphatic hydroxyl groups is 2. The molecule has 0 amide bonds. The molecule has 1 rings (SSSR count). The van der Waals surface area contributed by atoms with Gasteiger partial charge in [-0.15, -0.1) is 11.6 Å². The van der Waals surface area contributed by atoms with Gasteiger partial charge in [-0.3, -0.25) is 0 Å². The fourth-order valence-electron chi connectivity index (χ4n) is 1.26. The van der Waals surface area contributed by atoms with Gasteiger partial charge < -0.3 is 15.3 Å². The second-order valence-corrected chi connectivity index (χ2v) is 3.67. The first kappa shape index (κ1) is 13.2. The zero-order valence-electron chi connectivity index (χ0n) is 8.20. The van der Waals surface area contributed by atoms with Gasteiger partial charge in [-0.1, -0.05) is 0 Å². The van der Waals surface area contributed by atoms with Gasteiger partial charge in [-0.05, 0) is 18.6 Å². The Balaban J connectivity index is 3.00. The van der Waals surface area contributed by atoms with Crippen molar-refractivity contribution in [2.75, 3.05) is 5.88 Å². The molecule has 90 valence electrons. The predicted octanol–water partition coefficient (Wildman–Crippen LogP) is 1.69. The summed E-state index contributed by atoms with van der Waals surface area (Å²) in [5, 5.41) is 27.8. The molecule has 0 radical (unpaired) electrons. The number of aliphatic hydroxyl groups excluding tert-OH is 2. The van der Waals surface area contributed by atoms with E-state index in [-0.39, 0.29) is 12.3 Å². The van der Waals surface area contributed by atoms with E-state index in [0.29, 0.717) is 0 Å². The van der Waals surface area contributed by atoms with E-state index in [1.165, 1.54) is 0 Å². The molecule has 2 atom stereocenters. The highest BCUT2D eigenvalue weighted by Crippen LogP contribution is 2.27. The Morgan fingerprint density at radius 2 is 1.81 bits per heavy atom. The molecule has 0 heterocycles. The zero-order chi connectivity index (χ0) is 12.3. The predicted molar refractivity (Wildman–Crippen MR) is 54.3 cm³/mol. The van der Waals surface area contributed by atoms with E-state index in [1.807, 2.05) is 0 Å². The molecule has 6 heteroatoms. The Labute approximate surface area is 95.9 Å². The Hall–Kier alpha value is -0.910. The molecular weight excluding hydrogens is 242 g/mol. The first-order chi connectivity index (χ1) is 7.49. The minimum absolute atomic E-state index is 0.0463. The molecule has 0 saturated heterocycles. The standard InChI is InChI=1S/C10H11ClF2O3/c11-4-3-7(15)10(16)5-1-2-6(14)9(13)8(5)12/h1-2,7,10,14-16H,3-4H2. The van der Waals surface area contributed by atoms with Crippen molar-refractivity contribution in [3.05, 3.63) is 29.3 Å². The Morgan fingerprint density at radius 3 is 2.38 bits per heavy atom. The highest BCUT2D eigenvalue weighted by Gasteiger charge is 2.24. The summed E-state index contributed by atoms with van der Waals surface area (Å²) in [5.41, 5.74) is -0.409. The second-order valence-electron chi connectivity index (χ2n) is 3.29. The van der Waals surface area contributed by atoms with Gasteiger partial charge in [-0.2, -0.15) is 4.39 Å². The molecular formula is C10H11ClF2O3. The van der Waals surface area contributed by atoms with Crippen molar-refractivity contribution in [1.29, 1.82) is 0 Å². The SMILES string of the molecule is Oc1ccc(C(O)C(O)CCCl)c(F)c1F. The molecule has 3 N–H and O–H groups in total. The van der Waals surface area contributed by atoms with Gasteiger partial charge >= 0.3 is 0 Å². The van der Waals surface area contributed by atoms with Gasteiger partial charge in [0.1, 0.15) is 6.10 Å². The van der Waals surface area contributed by atoms with Crippen LogP contribution in [0.25, 0.3) is 0 Å². The maximum absolute atomic E-state index is 13.3. The third-order valence-corrected chi connectivity index (χ3v) is 2.40. The summed E-state index contributed by atoms with van der Waals surface area (Å²) in [4.78, 5) is 0. The third kappa shape index (κ3) is 2.61. The average molecular weight is 253 g/mol. The van der Waals surface area contributed by atoms with Crippen molar-refractivity contribution in [2.45, 2.75) is 18.6 Å². The highest BCUT2D eigenvalue weighted by molar-refractivity contribution is 6.17. The molecule has 0 aliphatic rings. The first-order valence-corrected chi connectivity index (χ1v) is 5.11. The van der Waals surface area contributed by atoms with Crippen LogP contribution in [-0.2, 0) is 0 Å². The lowest BCUT2D eigenvalue weighted by atomic mass is 10.0. The molecule has 0 aliphatic carbocycles. The molecule has 0 saturated carbocycles. The van der Waals surface area contributed by atoms with Crippen molar-refractivity contribution in [3.8, 4) is 5.75 Å². The number of phenolic OH excluding ortho intramolecular Hbond substituents is 1. The van der Waals surface area contributed by atoms with Gasteiger partial charge in [0.2, 0.25) is 5.82 Å². The Bertz CT molecular complexity index is 373. The van der Waals surface area contributed by atoms with E-state index >= 15 is 0 Å². The number of phenols is 1. The molecule has 0 aromatic heterocycles. The van der Waals surface area contributed by atoms with Gasteiger partial charge in [0, 0.05) is 11.4 Å². The van der Waals surface area contributed by atoms with Gasteiger partial charge in [-0.25, -0.2) is 4.39 Å². The number of aromatic hydroxyl groups is 1.